The van der Waals surface area contributed by atoms with Crippen molar-refractivity contribution in [2.75, 3.05) is 7.11 Å². The molecule has 23 heavy (non-hydrogen) atoms. The maximum Gasteiger partial charge on any atom is 0.328 e. The molecule has 2 rings (SSSR count). The van der Waals surface area contributed by atoms with Crippen LogP contribution in [0.25, 0.3) is 0 Å². The van der Waals surface area contributed by atoms with Gasteiger partial charge in [0.05, 0.1) is 7.11 Å². The summed E-state index contributed by atoms with van der Waals surface area (Å²) in [5.41, 5.74) is 1.23. The molecule has 0 fully saturated rings. The predicted molar refractivity (Wildman–Crippen MR) is 89.2 cm³/mol. The third-order valence-electron chi connectivity index (χ3n) is 3.30. The largest absolute Gasteiger partial charge is 0.508 e. The standard InChI is InChI=1S/C17H16BrNO4/c1-23-17(22)15(10-12-4-2-3-5-14(12)18)19-16(21)11-6-8-13(20)9-7-11/h2-9,15,20H,10H2,1H3,(H,19,21)/t15-/m1/s1. The zero-order chi connectivity index (χ0) is 16.8. The van der Waals surface area contributed by atoms with Gasteiger partial charge in [-0.2, -0.15) is 0 Å². The lowest BCUT2D eigenvalue weighted by atomic mass is 10.1. The number of hydrogen-bond donors (Lipinski definition) is 2. The summed E-state index contributed by atoms with van der Waals surface area (Å²) in [7, 11) is 1.28. The van der Waals surface area contributed by atoms with Gasteiger partial charge < -0.3 is 15.2 Å². The van der Waals surface area contributed by atoms with Crippen LogP contribution in [0.3, 0.4) is 0 Å². The minimum Gasteiger partial charge on any atom is -0.508 e. The average molecular weight is 378 g/mol. The second-order valence-electron chi connectivity index (χ2n) is 4.89. The Kier molecular flexibility index (Phi) is 5.76. The molecule has 2 N–H and O–H groups in total. The SMILES string of the molecule is COC(=O)[C@@H](Cc1ccccc1Br)NC(=O)c1ccc(O)cc1. The Hall–Kier alpha value is -2.34. The Balaban J connectivity index is 2.16. The van der Waals surface area contributed by atoms with Crippen LogP contribution in [0.1, 0.15) is 15.9 Å². The van der Waals surface area contributed by atoms with Crippen LogP contribution in [0, 0.1) is 0 Å². The van der Waals surface area contributed by atoms with Crippen molar-refractivity contribution < 1.29 is 19.4 Å². The Bertz CT molecular complexity index is 700. The molecule has 5 nitrogen and oxygen atoms in total. The van der Waals surface area contributed by atoms with E-state index in [-0.39, 0.29) is 5.75 Å². The fraction of sp³-hybridized carbons (Fsp3) is 0.176. The van der Waals surface area contributed by atoms with Gasteiger partial charge in [0.1, 0.15) is 11.8 Å². The van der Waals surface area contributed by atoms with Crippen molar-refractivity contribution in [3.63, 3.8) is 0 Å². The molecule has 6 heteroatoms. The average Bonchev–Trinajstić information content (AvgIpc) is 2.56. The molecule has 0 unspecified atom stereocenters. The van der Waals surface area contributed by atoms with Gasteiger partial charge in [0.15, 0.2) is 0 Å². The third kappa shape index (κ3) is 4.56. The zero-order valence-electron chi connectivity index (χ0n) is 12.5. The number of halogens is 1. The molecule has 120 valence electrons. The summed E-state index contributed by atoms with van der Waals surface area (Å²) in [5, 5.41) is 11.9. The van der Waals surface area contributed by atoms with Crippen LogP contribution >= 0.6 is 15.9 Å². The van der Waals surface area contributed by atoms with Crippen molar-refractivity contribution in [2.24, 2.45) is 0 Å². The van der Waals surface area contributed by atoms with Gasteiger partial charge >= 0.3 is 5.97 Å². The number of esters is 1. The summed E-state index contributed by atoms with van der Waals surface area (Å²) in [6, 6.07) is 12.4. The van der Waals surface area contributed by atoms with Crippen molar-refractivity contribution >= 4 is 27.8 Å². The number of carbonyl (C=O) groups excluding carboxylic acids is 2. The highest BCUT2D eigenvalue weighted by Gasteiger charge is 2.23. The molecule has 0 aliphatic rings. The topological polar surface area (TPSA) is 75.6 Å². The number of hydrogen-bond acceptors (Lipinski definition) is 4. The first-order valence-electron chi connectivity index (χ1n) is 6.92. The highest BCUT2D eigenvalue weighted by Crippen LogP contribution is 2.18. The maximum atomic E-state index is 12.2. The second kappa shape index (κ2) is 7.78. The Morgan fingerprint density at radius 1 is 1.17 bits per heavy atom. The van der Waals surface area contributed by atoms with E-state index in [9.17, 15) is 14.7 Å². The molecule has 0 aliphatic heterocycles. The summed E-state index contributed by atoms with van der Waals surface area (Å²) < 4.78 is 5.63. The first kappa shape index (κ1) is 17.0. The van der Waals surface area contributed by atoms with Crippen LogP contribution in [-0.2, 0) is 16.0 Å². The van der Waals surface area contributed by atoms with Crippen LogP contribution in [0.4, 0.5) is 0 Å². The van der Waals surface area contributed by atoms with Gasteiger partial charge in [0.2, 0.25) is 0 Å². The molecule has 1 amide bonds. The Labute approximate surface area is 142 Å². The Morgan fingerprint density at radius 3 is 2.43 bits per heavy atom. The highest BCUT2D eigenvalue weighted by molar-refractivity contribution is 9.10. The molecule has 0 saturated carbocycles. The molecule has 2 aromatic carbocycles. The quantitative estimate of drug-likeness (QED) is 0.785. The van der Waals surface area contributed by atoms with Gasteiger partial charge in [-0.15, -0.1) is 0 Å². The van der Waals surface area contributed by atoms with Crippen molar-refractivity contribution in [1.82, 2.24) is 5.32 Å². The van der Waals surface area contributed by atoms with Gasteiger partial charge in [-0.1, -0.05) is 34.1 Å². The maximum absolute atomic E-state index is 12.2. The molecule has 2 aromatic rings. The van der Waals surface area contributed by atoms with Gasteiger partial charge in [0.25, 0.3) is 5.91 Å². The number of amides is 1. The summed E-state index contributed by atoms with van der Waals surface area (Å²) in [6.45, 7) is 0. The van der Waals surface area contributed by atoms with Crippen LogP contribution in [-0.4, -0.2) is 30.1 Å². The number of ether oxygens (including phenoxy) is 1. The number of rotatable bonds is 5. The molecule has 1 atom stereocenters. The predicted octanol–water partition coefficient (Wildman–Crippen LogP) is 2.67. The number of aromatic hydroxyl groups is 1. The number of carbonyl (C=O) groups is 2. The van der Waals surface area contributed by atoms with E-state index in [2.05, 4.69) is 21.2 Å². The van der Waals surface area contributed by atoms with Gasteiger partial charge in [-0.3, -0.25) is 4.79 Å². The molecule has 0 aliphatic carbocycles. The first-order chi connectivity index (χ1) is 11.0. The number of phenols is 1. The first-order valence-corrected chi connectivity index (χ1v) is 7.71. The lowest BCUT2D eigenvalue weighted by Crippen LogP contribution is -2.43. The van der Waals surface area contributed by atoms with E-state index in [4.69, 9.17) is 4.74 Å². The van der Waals surface area contributed by atoms with Crippen LogP contribution in [0.15, 0.2) is 53.0 Å². The van der Waals surface area contributed by atoms with Crippen LogP contribution in [0.2, 0.25) is 0 Å². The van der Waals surface area contributed by atoms with Crippen molar-refractivity contribution in [1.29, 1.82) is 0 Å². The molecular formula is C17H16BrNO4. The van der Waals surface area contributed by atoms with Crippen molar-refractivity contribution in [3.05, 3.63) is 64.1 Å². The molecule has 0 bridgehead atoms. The van der Waals surface area contributed by atoms with Crippen molar-refractivity contribution in [2.45, 2.75) is 12.5 Å². The molecule has 0 aromatic heterocycles. The molecule has 0 heterocycles. The highest BCUT2D eigenvalue weighted by atomic mass is 79.9. The fourth-order valence-electron chi connectivity index (χ4n) is 2.07. The van der Waals surface area contributed by atoms with Crippen LogP contribution < -0.4 is 5.32 Å². The van der Waals surface area contributed by atoms with Gasteiger partial charge in [-0.05, 0) is 35.9 Å². The molecular weight excluding hydrogens is 362 g/mol. The fourth-order valence-corrected chi connectivity index (χ4v) is 2.52. The van der Waals surface area contributed by atoms with E-state index in [1.54, 1.807) is 0 Å². The van der Waals surface area contributed by atoms with Gasteiger partial charge in [-0.25, -0.2) is 4.79 Å². The smallest absolute Gasteiger partial charge is 0.328 e. The summed E-state index contributed by atoms with van der Waals surface area (Å²) in [4.78, 5) is 24.2. The summed E-state index contributed by atoms with van der Waals surface area (Å²) in [5.74, 6) is -0.861. The normalized spacial score (nSPS) is 11.6. The second-order valence-corrected chi connectivity index (χ2v) is 5.75. The monoisotopic (exact) mass is 377 g/mol. The van der Waals surface area contributed by atoms with E-state index in [1.165, 1.54) is 31.4 Å². The molecule has 0 radical (unpaired) electrons. The number of phenolic OH excluding ortho intramolecular Hbond substituents is 1. The third-order valence-corrected chi connectivity index (χ3v) is 4.08. The van der Waals surface area contributed by atoms with E-state index < -0.39 is 17.9 Å². The number of nitrogens with one attached hydrogen (secondary N) is 1. The van der Waals surface area contributed by atoms with E-state index >= 15 is 0 Å². The lowest BCUT2D eigenvalue weighted by molar-refractivity contribution is -0.142. The summed E-state index contributed by atoms with van der Waals surface area (Å²) >= 11 is 3.42. The zero-order valence-corrected chi connectivity index (χ0v) is 14.0. The lowest BCUT2D eigenvalue weighted by Gasteiger charge is -2.17. The summed E-state index contributed by atoms with van der Waals surface area (Å²) in [6.07, 6.45) is 0.303. The number of benzene rings is 2. The van der Waals surface area contributed by atoms with E-state index in [0.717, 1.165) is 10.0 Å². The van der Waals surface area contributed by atoms with E-state index in [1.807, 2.05) is 24.3 Å². The molecule has 0 saturated heterocycles. The van der Waals surface area contributed by atoms with Gasteiger partial charge in [0, 0.05) is 16.5 Å². The van der Waals surface area contributed by atoms with E-state index in [0.29, 0.717) is 12.0 Å². The minimum absolute atomic E-state index is 0.0688. The minimum atomic E-state index is -0.806. The van der Waals surface area contributed by atoms with Crippen molar-refractivity contribution in [3.8, 4) is 5.75 Å². The molecule has 0 spiro atoms. The Morgan fingerprint density at radius 2 is 1.83 bits per heavy atom. The number of methoxy groups -OCH3 is 1. The van der Waals surface area contributed by atoms with Crippen LogP contribution in [0.5, 0.6) is 5.75 Å².